The topological polar surface area (TPSA) is 50.4 Å². The predicted octanol–water partition coefficient (Wildman–Crippen LogP) is 1.08. The zero-order valence-corrected chi connectivity index (χ0v) is 10.4. The van der Waals surface area contributed by atoms with Crippen LogP contribution in [0.2, 0.25) is 0 Å². The van der Waals surface area contributed by atoms with E-state index in [4.69, 9.17) is 4.74 Å². The van der Waals surface area contributed by atoms with Crippen LogP contribution in [0, 0.1) is 0 Å². The Morgan fingerprint density at radius 1 is 1.44 bits per heavy atom. The van der Waals surface area contributed by atoms with Crippen LogP contribution in [0.25, 0.3) is 0 Å². The predicted molar refractivity (Wildman–Crippen MR) is 66.4 cm³/mol. The molecule has 0 rings (SSSR count). The molecule has 0 aliphatic heterocycles. The molecule has 1 amide bonds. The summed E-state index contributed by atoms with van der Waals surface area (Å²) in [5.41, 5.74) is 0. The molecule has 0 fully saturated rings. The van der Waals surface area contributed by atoms with E-state index in [1.165, 1.54) is 0 Å². The summed E-state index contributed by atoms with van der Waals surface area (Å²) in [5, 5.41) is 5.79. The van der Waals surface area contributed by atoms with Crippen molar-refractivity contribution >= 4 is 5.91 Å². The van der Waals surface area contributed by atoms with Crippen LogP contribution in [0.4, 0.5) is 0 Å². The highest BCUT2D eigenvalue weighted by molar-refractivity contribution is 5.77. The molecular weight excluding hydrogens is 204 g/mol. The molecule has 0 saturated heterocycles. The first-order chi connectivity index (χ1) is 7.66. The molecule has 0 aliphatic rings. The monoisotopic (exact) mass is 228 g/mol. The van der Waals surface area contributed by atoms with Crippen molar-refractivity contribution in [3.63, 3.8) is 0 Å². The lowest BCUT2D eigenvalue weighted by Gasteiger charge is -2.08. The number of amides is 1. The molecule has 94 valence electrons. The molecule has 0 atom stereocenters. The van der Waals surface area contributed by atoms with Crippen LogP contribution in [-0.4, -0.2) is 38.3 Å². The van der Waals surface area contributed by atoms with Crippen LogP contribution < -0.4 is 10.6 Å². The fourth-order valence-electron chi connectivity index (χ4n) is 1.12. The summed E-state index contributed by atoms with van der Waals surface area (Å²) in [6, 6.07) is 0. The summed E-state index contributed by atoms with van der Waals surface area (Å²) >= 11 is 0. The second-order valence-corrected chi connectivity index (χ2v) is 3.90. The third kappa shape index (κ3) is 11.2. The van der Waals surface area contributed by atoms with Crippen molar-refractivity contribution in [1.82, 2.24) is 10.6 Å². The summed E-state index contributed by atoms with van der Waals surface area (Å²) in [5.74, 6) is 0.0339. The minimum absolute atomic E-state index is 0.0339. The zero-order chi connectivity index (χ0) is 12.2. The van der Waals surface area contributed by atoms with E-state index in [9.17, 15) is 4.79 Å². The molecule has 2 N–H and O–H groups in total. The third-order valence-electron chi connectivity index (χ3n) is 1.92. The minimum atomic E-state index is 0.0339. The normalized spacial score (nSPS) is 10.4. The average Bonchev–Trinajstić information content (AvgIpc) is 2.23. The summed E-state index contributed by atoms with van der Waals surface area (Å²) in [4.78, 5) is 11.2. The van der Waals surface area contributed by atoms with Gasteiger partial charge in [0.2, 0.25) is 5.91 Å². The molecule has 0 unspecified atom stereocenters. The Morgan fingerprint density at radius 3 is 2.81 bits per heavy atom. The molecular formula is C12H24N2O2. The van der Waals surface area contributed by atoms with Crippen LogP contribution in [0.5, 0.6) is 0 Å². The Hall–Kier alpha value is -0.870. The van der Waals surface area contributed by atoms with Gasteiger partial charge in [-0.15, -0.1) is 6.58 Å². The first kappa shape index (κ1) is 15.1. The minimum Gasteiger partial charge on any atom is -0.379 e. The van der Waals surface area contributed by atoms with Gasteiger partial charge in [0.25, 0.3) is 0 Å². The third-order valence-corrected chi connectivity index (χ3v) is 1.92. The van der Waals surface area contributed by atoms with E-state index in [1.807, 2.05) is 13.8 Å². The Kier molecular flexibility index (Phi) is 10.1. The number of hydrogen-bond acceptors (Lipinski definition) is 3. The number of nitrogens with one attached hydrogen (secondary N) is 2. The lowest BCUT2D eigenvalue weighted by atomic mass is 10.3. The van der Waals surface area contributed by atoms with Crippen LogP contribution in [0.15, 0.2) is 12.7 Å². The van der Waals surface area contributed by atoms with Crippen molar-refractivity contribution in [2.24, 2.45) is 0 Å². The fraction of sp³-hybridized carbons (Fsp3) is 0.750. The van der Waals surface area contributed by atoms with E-state index in [-0.39, 0.29) is 12.0 Å². The molecule has 0 aromatic rings. The maximum atomic E-state index is 11.2. The van der Waals surface area contributed by atoms with E-state index in [1.54, 1.807) is 6.08 Å². The molecule has 0 radical (unpaired) electrons. The van der Waals surface area contributed by atoms with Gasteiger partial charge in [-0.1, -0.05) is 6.08 Å². The van der Waals surface area contributed by atoms with Crippen molar-refractivity contribution in [3.8, 4) is 0 Å². The molecule has 0 aliphatic carbocycles. The van der Waals surface area contributed by atoms with Gasteiger partial charge in [-0.25, -0.2) is 0 Å². The first-order valence-electron chi connectivity index (χ1n) is 5.86. The molecule has 0 aromatic carbocycles. The molecule has 0 bridgehead atoms. The highest BCUT2D eigenvalue weighted by Gasteiger charge is 1.98. The zero-order valence-electron chi connectivity index (χ0n) is 10.4. The number of carbonyl (C=O) groups excluding carboxylic acids is 1. The summed E-state index contributed by atoms with van der Waals surface area (Å²) in [6.45, 7) is 10.1. The SMILES string of the molecule is C=CCNCC(=O)NCCCCOC(C)C. The number of unbranched alkanes of at least 4 members (excludes halogenated alkanes) is 1. The Labute approximate surface area is 98.4 Å². The molecule has 4 heteroatoms. The molecule has 0 heterocycles. The quantitative estimate of drug-likeness (QED) is 0.434. The van der Waals surface area contributed by atoms with Gasteiger partial charge < -0.3 is 15.4 Å². The van der Waals surface area contributed by atoms with Gasteiger partial charge in [0.1, 0.15) is 0 Å². The van der Waals surface area contributed by atoms with E-state index in [0.717, 1.165) is 26.0 Å². The van der Waals surface area contributed by atoms with Crippen molar-refractivity contribution in [1.29, 1.82) is 0 Å². The van der Waals surface area contributed by atoms with E-state index in [0.29, 0.717) is 13.1 Å². The Bertz CT molecular complexity index is 193. The lowest BCUT2D eigenvalue weighted by Crippen LogP contribution is -2.34. The number of hydrogen-bond donors (Lipinski definition) is 2. The molecule has 0 saturated carbocycles. The van der Waals surface area contributed by atoms with Gasteiger partial charge >= 0.3 is 0 Å². The van der Waals surface area contributed by atoms with E-state index < -0.39 is 0 Å². The largest absolute Gasteiger partial charge is 0.379 e. The van der Waals surface area contributed by atoms with Gasteiger partial charge in [0, 0.05) is 19.7 Å². The number of carbonyl (C=O) groups is 1. The standard InChI is InChI=1S/C12H24N2O2/c1-4-7-13-10-12(15)14-8-5-6-9-16-11(2)3/h4,11,13H,1,5-10H2,2-3H3,(H,14,15). The van der Waals surface area contributed by atoms with Crippen molar-refractivity contribution < 1.29 is 9.53 Å². The van der Waals surface area contributed by atoms with Crippen LogP contribution in [0.1, 0.15) is 26.7 Å². The second-order valence-electron chi connectivity index (χ2n) is 3.90. The van der Waals surface area contributed by atoms with Gasteiger partial charge in [-0.3, -0.25) is 4.79 Å². The van der Waals surface area contributed by atoms with Gasteiger partial charge in [0.05, 0.1) is 12.6 Å². The van der Waals surface area contributed by atoms with Crippen molar-refractivity contribution in [2.75, 3.05) is 26.2 Å². The smallest absolute Gasteiger partial charge is 0.233 e. The van der Waals surface area contributed by atoms with Crippen LogP contribution in [0.3, 0.4) is 0 Å². The van der Waals surface area contributed by atoms with Crippen molar-refractivity contribution in [2.45, 2.75) is 32.8 Å². The second kappa shape index (κ2) is 10.6. The molecule has 16 heavy (non-hydrogen) atoms. The Morgan fingerprint density at radius 2 is 2.19 bits per heavy atom. The van der Waals surface area contributed by atoms with Gasteiger partial charge in [-0.05, 0) is 26.7 Å². The highest BCUT2D eigenvalue weighted by atomic mass is 16.5. The molecule has 0 aromatic heterocycles. The van der Waals surface area contributed by atoms with E-state index >= 15 is 0 Å². The van der Waals surface area contributed by atoms with Crippen LogP contribution >= 0.6 is 0 Å². The summed E-state index contributed by atoms with van der Waals surface area (Å²) in [6.07, 6.45) is 3.97. The Balaban J connectivity index is 3.18. The first-order valence-corrected chi connectivity index (χ1v) is 5.86. The lowest BCUT2D eigenvalue weighted by molar-refractivity contribution is -0.120. The van der Waals surface area contributed by atoms with Crippen LogP contribution in [-0.2, 0) is 9.53 Å². The summed E-state index contributed by atoms with van der Waals surface area (Å²) < 4.78 is 5.39. The summed E-state index contributed by atoms with van der Waals surface area (Å²) in [7, 11) is 0. The average molecular weight is 228 g/mol. The fourth-order valence-corrected chi connectivity index (χ4v) is 1.12. The highest BCUT2D eigenvalue weighted by Crippen LogP contribution is 1.93. The van der Waals surface area contributed by atoms with Gasteiger partial charge in [0.15, 0.2) is 0 Å². The number of rotatable bonds is 10. The maximum absolute atomic E-state index is 11.2. The maximum Gasteiger partial charge on any atom is 0.233 e. The number of ether oxygens (including phenoxy) is 1. The molecule has 0 spiro atoms. The molecule has 4 nitrogen and oxygen atoms in total. The van der Waals surface area contributed by atoms with E-state index in [2.05, 4.69) is 17.2 Å². The van der Waals surface area contributed by atoms with Crippen molar-refractivity contribution in [3.05, 3.63) is 12.7 Å². The van der Waals surface area contributed by atoms with Gasteiger partial charge in [-0.2, -0.15) is 0 Å².